The highest BCUT2D eigenvalue weighted by atomic mass is 32.1. The Hall–Kier alpha value is -0.710. The van der Waals surface area contributed by atoms with E-state index < -0.39 is 0 Å². The van der Waals surface area contributed by atoms with Crippen LogP contribution < -0.4 is 5.73 Å². The molecule has 0 saturated carbocycles. The van der Waals surface area contributed by atoms with Gasteiger partial charge in [-0.2, -0.15) is 0 Å². The zero-order valence-electron chi connectivity index (χ0n) is 9.69. The van der Waals surface area contributed by atoms with E-state index in [9.17, 15) is 0 Å². The lowest BCUT2D eigenvalue weighted by Gasteiger charge is -2.18. The number of aryl methyl sites for hydroxylation is 1. The molecule has 0 aliphatic heterocycles. The predicted molar refractivity (Wildman–Crippen MR) is 74.0 cm³/mol. The molecule has 90 valence electrons. The van der Waals surface area contributed by atoms with Gasteiger partial charge >= 0.3 is 0 Å². The average Bonchev–Trinajstić information content (AvgIpc) is 2.97. The lowest BCUT2D eigenvalue weighted by atomic mass is 9.91. The zero-order valence-corrected chi connectivity index (χ0v) is 11.3. The van der Waals surface area contributed by atoms with E-state index in [1.165, 1.54) is 39.7 Å². The summed E-state index contributed by atoms with van der Waals surface area (Å²) in [5.41, 5.74) is 7.13. The van der Waals surface area contributed by atoms with Crippen LogP contribution in [0.1, 0.15) is 39.2 Å². The zero-order chi connectivity index (χ0) is 11.7. The van der Waals surface area contributed by atoms with E-state index in [0.29, 0.717) is 5.92 Å². The van der Waals surface area contributed by atoms with Crippen LogP contribution >= 0.6 is 22.7 Å². The van der Waals surface area contributed by atoms with Crippen molar-refractivity contribution in [1.29, 1.82) is 0 Å². The number of fused-ring (bicyclic) bond motifs is 1. The van der Waals surface area contributed by atoms with E-state index in [2.05, 4.69) is 17.5 Å². The van der Waals surface area contributed by atoms with Gasteiger partial charge in [0.15, 0.2) is 0 Å². The summed E-state index contributed by atoms with van der Waals surface area (Å²) >= 11 is 3.70. The van der Waals surface area contributed by atoms with Crippen molar-refractivity contribution in [2.75, 3.05) is 6.54 Å². The average molecular weight is 264 g/mol. The molecule has 2 N–H and O–H groups in total. The second-order valence-corrected chi connectivity index (χ2v) is 6.70. The molecule has 4 heteroatoms. The van der Waals surface area contributed by atoms with Gasteiger partial charge in [0, 0.05) is 28.6 Å². The minimum atomic E-state index is 0.507. The van der Waals surface area contributed by atoms with Crippen LogP contribution in [-0.2, 0) is 12.8 Å². The third-order valence-electron chi connectivity index (χ3n) is 3.31. The summed E-state index contributed by atoms with van der Waals surface area (Å²) in [5.74, 6) is 0.507. The number of nitrogens with two attached hydrogens (primary N) is 1. The van der Waals surface area contributed by atoms with Crippen LogP contribution in [0.25, 0.3) is 0 Å². The molecule has 2 aromatic heterocycles. The van der Waals surface area contributed by atoms with Crippen LogP contribution in [0.4, 0.5) is 0 Å². The molecule has 17 heavy (non-hydrogen) atoms. The van der Waals surface area contributed by atoms with Crippen LogP contribution in [0.3, 0.4) is 0 Å². The van der Waals surface area contributed by atoms with Crippen molar-refractivity contribution < 1.29 is 0 Å². The van der Waals surface area contributed by atoms with Gasteiger partial charge in [0.05, 0.1) is 10.7 Å². The van der Waals surface area contributed by atoms with Gasteiger partial charge in [-0.25, -0.2) is 4.98 Å². The molecule has 0 spiro atoms. The first-order chi connectivity index (χ1) is 8.36. The molecule has 0 aromatic carbocycles. The Kier molecular flexibility index (Phi) is 3.27. The molecule has 2 heterocycles. The standard InChI is InChI=1S/C13H16N2S2/c14-8-9-3-1-5-11-13(9)15-12(17-11)7-10-4-2-6-16-10/h2,4,6,9H,1,3,5,7-8,14H2. The molecule has 0 saturated heterocycles. The van der Waals surface area contributed by atoms with Gasteiger partial charge in [-0.3, -0.25) is 0 Å². The lowest BCUT2D eigenvalue weighted by Crippen LogP contribution is -2.17. The predicted octanol–water partition coefficient (Wildman–Crippen LogP) is 3.17. The Morgan fingerprint density at radius 3 is 3.18 bits per heavy atom. The number of nitrogens with zero attached hydrogens (tertiary/aromatic N) is 1. The van der Waals surface area contributed by atoms with Gasteiger partial charge in [-0.05, 0) is 30.7 Å². The molecule has 0 bridgehead atoms. The third-order valence-corrected chi connectivity index (χ3v) is 5.31. The van der Waals surface area contributed by atoms with Crippen LogP contribution in [0, 0.1) is 0 Å². The molecule has 3 rings (SSSR count). The first-order valence-corrected chi connectivity index (χ1v) is 7.77. The molecule has 1 atom stereocenters. The maximum Gasteiger partial charge on any atom is 0.0983 e. The topological polar surface area (TPSA) is 38.9 Å². The van der Waals surface area contributed by atoms with Crippen molar-refractivity contribution in [3.05, 3.63) is 38.0 Å². The van der Waals surface area contributed by atoms with E-state index in [-0.39, 0.29) is 0 Å². The van der Waals surface area contributed by atoms with Crippen molar-refractivity contribution in [1.82, 2.24) is 4.98 Å². The Morgan fingerprint density at radius 1 is 1.47 bits per heavy atom. The van der Waals surface area contributed by atoms with Crippen molar-refractivity contribution in [2.45, 2.75) is 31.6 Å². The smallest absolute Gasteiger partial charge is 0.0983 e. The Labute approximate surface area is 110 Å². The van der Waals surface area contributed by atoms with Gasteiger partial charge in [0.1, 0.15) is 0 Å². The number of aromatic nitrogens is 1. The van der Waals surface area contributed by atoms with Crippen molar-refractivity contribution in [3.63, 3.8) is 0 Å². The molecule has 1 aliphatic rings. The molecule has 0 radical (unpaired) electrons. The van der Waals surface area contributed by atoms with E-state index in [1.807, 2.05) is 22.7 Å². The number of hydrogen-bond donors (Lipinski definition) is 1. The number of thiophene rings is 1. The molecular formula is C13H16N2S2. The summed E-state index contributed by atoms with van der Waals surface area (Å²) in [7, 11) is 0. The molecule has 0 amide bonds. The highest BCUT2D eigenvalue weighted by Crippen LogP contribution is 2.35. The van der Waals surface area contributed by atoms with Gasteiger partial charge in [0.2, 0.25) is 0 Å². The highest BCUT2D eigenvalue weighted by Gasteiger charge is 2.23. The minimum Gasteiger partial charge on any atom is -0.330 e. The maximum atomic E-state index is 5.83. The van der Waals surface area contributed by atoms with Gasteiger partial charge in [-0.15, -0.1) is 22.7 Å². The molecule has 2 aromatic rings. The quantitative estimate of drug-likeness (QED) is 0.924. The summed E-state index contributed by atoms with van der Waals surface area (Å²) in [5, 5.41) is 3.39. The maximum absolute atomic E-state index is 5.83. The van der Waals surface area contributed by atoms with Gasteiger partial charge < -0.3 is 5.73 Å². The minimum absolute atomic E-state index is 0.507. The van der Waals surface area contributed by atoms with E-state index in [0.717, 1.165) is 13.0 Å². The number of rotatable bonds is 3. The Bertz CT molecular complexity index is 487. The van der Waals surface area contributed by atoms with Crippen LogP contribution in [0.5, 0.6) is 0 Å². The highest BCUT2D eigenvalue weighted by molar-refractivity contribution is 7.12. The van der Waals surface area contributed by atoms with Crippen LogP contribution in [0.2, 0.25) is 0 Å². The lowest BCUT2D eigenvalue weighted by molar-refractivity contribution is 0.553. The van der Waals surface area contributed by atoms with Crippen molar-refractivity contribution in [2.24, 2.45) is 5.73 Å². The number of thiazole rings is 1. The fourth-order valence-corrected chi connectivity index (χ4v) is 4.44. The second-order valence-electron chi connectivity index (χ2n) is 4.50. The number of hydrogen-bond acceptors (Lipinski definition) is 4. The second kappa shape index (κ2) is 4.88. The fourth-order valence-electron chi connectivity index (χ4n) is 2.43. The van der Waals surface area contributed by atoms with E-state index in [1.54, 1.807) is 0 Å². The van der Waals surface area contributed by atoms with Crippen LogP contribution in [-0.4, -0.2) is 11.5 Å². The Balaban J connectivity index is 1.85. The van der Waals surface area contributed by atoms with E-state index >= 15 is 0 Å². The first kappa shape index (κ1) is 11.4. The van der Waals surface area contributed by atoms with E-state index in [4.69, 9.17) is 10.7 Å². The Morgan fingerprint density at radius 2 is 2.41 bits per heavy atom. The summed E-state index contributed by atoms with van der Waals surface area (Å²) in [6.07, 6.45) is 4.68. The van der Waals surface area contributed by atoms with Crippen LogP contribution in [0.15, 0.2) is 17.5 Å². The molecule has 0 fully saturated rings. The SMILES string of the molecule is NCC1CCCc2sc(Cc3cccs3)nc21. The summed E-state index contributed by atoms with van der Waals surface area (Å²) < 4.78 is 0. The van der Waals surface area contributed by atoms with Crippen molar-refractivity contribution >= 4 is 22.7 Å². The summed E-state index contributed by atoms with van der Waals surface area (Å²) in [6.45, 7) is 0.745. The molecule has 1 unspecified atom stereocenters. The summed E-state index contributed by atoms with van der Waals surface area (Å²) in [6, 6.07) is 4.29. The monoisotopic (exact) mass is 264 g/mol. The van der Waals surface area contributed by atoms with Crippen molar-refractivity contribution in [3.8, 4) is 0 Å². The fraction of sp³-hybridized carbons (Fsp3) is 0.462. The third kappa shape index (κ3) is 2.30. The molecule has 2 nitrogen and oxygen atoms in total. The first-order valence-electron chi connectivity index (χ1n) is 6.07. The largest absolute Gasteiger partial charge is 0.330 e. The molecule has 1 aliphatic carbocycles. The summed E-state index contributed by atoms with van der Waals surface area (Å²) in [4.78, 5) is 7.71. The van der Waals surface area contributed by atoms with Gasteiger partial charge in [-0.1, -0.05) is 6.07 Å². The van der Waals surface area contributed by atoms with Gasteiger partial charge in [0.25, 0.3) is 0 Å². The normalized spacial score (nSPS) is 19.2. The molecular weight excluding hydrogens is 248 g/mol.